The number of hydrogen-bond donors (Lipinski definition) is 1. The standard InChI is InChI=1S/C23H21BrN2O4/c1-26(15-22(27)25-17-8-6-9-18(14-17)29-2)23(28)20-11-3-4-12-21(20)30-19-10-5-7-16(24)13-19/h3-14H,15H2,1-2H3,(H,25,27). The molecule has 0 radical (unpaired) electrons. The van der Waals surface area contributed by atoms with Crippen molar-refractivity contribution in [2.75, 3.05) is 26.0 Å². The van der Waals surface area contributed by atoms with Crippen LogP contribution in [0.25, 0.3) is 0 Å². The van der Waals surface area contributed by atoms with Crippen LogP contribution in [0.2, 0.25) is 0 Å². The summed E-state index contributed by atoms with van der Waals surface area (Å²) in [6.07, 6.45) is 0. The van der Waals surface area contributed by atoms with Crippen molar-refractivity contribution >= 4 is 33.4 Å². The van der Waals surface area contributed by atoms with Crippen LogP contribution >= 0.6 is 15.9 Å². The Morgan fingerprint density at radius 1 is 0.967 bits per heavy atom. The van der Waals surface area contributed by atoms with Crippen LogP contribution in [0.1, 0.15) is 10.4 Å². The quantitative estimate of drug-likeness (QED) is 0.531. The zero-order valence-corrected chi connectivity index (χ0v) is 18.2. The predicted molar refractivity (Wildman–Crippen MR) is 119 cm³/mol. The molecule has 3 aromatic rings. The van der Waals surface area contributed by atoms with E-state index in [1.807, 2.05) is 18.2 Å². The van der Waals surface area contributed by atoms with Crippen molar-refractivity contribution in [3.63, 3.8) is 0 Å². The van der Waals surface area contributed by atoms with Crippen LogP contribution < -0.4 is 14.8 Å². The van der Waals surface area contributed by atoms with E-state index in [0.29, 0.717) is 28.5 Å². The first-order valence-electron chi connectivity index (χ1n) is 9.18. The number of methoxy groups -OCH3 is 1. The van der Waals surface area contributed by atoms with Crippen molar-refractivity contribution in [2.45, 2.75) is 0 Å². The number of nitrogens with one attached hydrogen (secondary N) is 1. The molecule has 154 valence electrons. The number of likely N-dealkylation sites (N-methyl/N-ethyl adjacent to an activating group) is 1. The van der Waals surface area contributed by atoms with Crippen LogP contribution in [0.4, 0.5) is 5.69 Å². The highest BCUT2D eigenvalue weighted by atomic mass is 79.9. The van der Waals surface area contributed by atoms with Crippen molar-refractivity contribution in [1.82, 2.24) is 4.90 Å². The Balaban J connectivity index is 1.69. The van der Waals surface area contributed by atoms with Gasteiger partial charge in [-0.05, 0) is 42.5 Å². The van der Waals surface area contributed by atoms with Crippen LogP contribution in [-0.4, -0.2) is 37.4 Å². The third kappa shape index (κ3) is 5.61. The summed E-state index contributed by atoms with van der Waals surface area (Å²) in [5.41, 5.74) is 0.966. The second-order valence-electron chi connectivity index (χ2n) is 6.50. The normalized spacial score (nSPS) is 10.2. The van der Waals surface area contributed by atoms with Gasteiger partial charge >= 0.3 is 0 Å². The lowest BCUT2D eigenvalue weighted by Crippen LogP contribution is -2.35. The zero-order valence-electron chi connectivity index (χ0n) is 16.6. The maximum Gasteiger partial charge on any atom is 0.257 e. The Morgan fingerprint density at radius 3 is 2.47 bits per heavy atom. The van der Waals surface area contributed by atoms with Gasteiger partial charge in [-0.15, -0.1) is 0 Å². The predicted octanol–water partition coefficient (Wildman–Crippen LogP) is 4.96. The highest BCUT2D eigenvalue weighted by molar-refractivity contribution is 9.10. The molecule has 2 amide bonds. The number of rotatable bonds is 7. The topological polar surface area (TPSA) is 67.9 Å². The van der Waals surface area contributed by atoms with E-state index in [0.717, 1.165) is 4.47 Å². The Labute approximate surface area is 183 Å². The minimum atomic E-state index is -0.318. The molecule has 0 unspecified atom stereocenters. The fraction of sp³-hybridized carbons (Fsp3) is 0.130. The summed E-state index contributed by atoms with van der Waals surface area (Å²) >= 11 is 3.40. The molecular weight excluding hydrogens is 448 g/mol. The third-order valence-corrected chi connectivity index (χ3v) is 4.72. The maximum absolute atomic E-state index is 12.9. The Kier molecular flexibility index (Phi) is 7.08. The van der Waals surface area contributed by atoms with Crippen LogP contribution in [0, 0.1) is 0 Å². The maximum atomic E-state index is 12.9. The second-order valence-corrected chi connectivity index (χ2v) is 7.41. The smallest absolute Gasteiger partial charge is 0.257 e. The molecule has 0 spiro atoms. The van der Waals surface area contributed by atoms with Crippen molar-refractivity contribution in [3.05, 3.63) is 82.8 Å². The van der Waals surface area contributed by atoms with Gasteiger partial charge in [0.25, 0.3) is 5.91 Å². The molecule has 1 N–H and O–H groups in total. The van der Waals surface area contributed by atoms with Gasteiger partial charge < -0.3 is 19.7 Å². The number of halogens is 1. The summed E-state index contributed by atoms with van der Waals surface area (Å²) in [6.45, 7) is -0.110. The van der Waals surface area contributed by atoms with E-state index < -0.39 is 0 Å². The Morgan fingerprint density at radius 2 is 1.70 bits per heavy atom. The first-order chi connectivity index (χ1) is 14.5. The molecule has 0 aliphatic heterocycles. The van der Waals surface area contributed by atoms with Crippen LogP contribution in [0.15, 0.2) is 77.3 Å². The number of anilines is 1. The molecule has 0 aliphatic carbocycles. The minimum absolute atomic E-state index is 0.110. The van der Waals surface area contributed by atoms with E-state index >= 15 is 0 Å². The van der Waals surface area contributed by atoms with Crippen LogP contribution in [0.3, 0.4) is 0 Å². The van der Waals surface area contributed by atoms with E-state index in [9.17, 15) is 9.59 Å². The lowest BCUT2D eigenvalue weighted by atomic mass is 10.1. The molecule has 3 aromatic carbocycles. The number of carbonyl (C=O) groups excluding carboxylic acids is 2. The molecule has 0 saturated carbocycles. The zero-order chi connectivity index (χ0) is 21.5. The summed E-state index contributed by atoms with van der Waals surface area (Å²) in [5.74, 6) is 1.02. The molecule has 30 heavy (non-hydrogen) atoms. The number of benzene rings is 3. The van der Waals surface area contributed by atoms with E-state index in [-0.39, 0.29) is 18.4 Å². The molecule has 0 atom stereocenters. The monoisotopic (exact) mass is 468 g/mol. The van der Waals surface area contributed by atoms with Gasteiger partial charge in [0.1, 0.15) is 17.2 Å². The molecule has 0 aromatic heterocycles. The van der Waals surface area contributed by atoms with Gasteiger partial charge in [-0.2, -0.15) is 0 Å². The lowest BCUT2D eigenvalue weighted by molar-refractivity contribution is -0.116. The summed E-state index contributed by atoms with van der Waals surface area (Å²) in [7, 11) is 3.13. The van der Waals surface area contributed by atoms with Crippen molar-refractivity contribution in [3.8, 4) is 17.2 Å². The SMILES string of the molecule is COc1cccc(NC(=O)CN(C)C(=O)c2ccccc2Oc2cccc(Br)c2)c1. The van der Waals surface area contributed by atoms with Gasteiger partial charge in [0.05, 0.1) is 19.2 Å². The molecule has 0 heterocycles. The van der Waals surface area contributed by atoms with Gasteiger partial charge in [-0.25, -0.2) is 0 Å². The first kappa shape index (κ1) is 21.4. The molecule has 7 heteroatoms. The molecule has 0 aliphatic rings. The van der Waals surface area contributed by atoms with E-state index in [4.69, 9.17) is 9.47 Å². The van der Waals surface area contributed by atoms with Crippen molar-refractivity contribution in [1.29, 1.82) is 0 Å². The second kappa shape index (κ2) is 9.93. The minimum Gasteiger partial charge on any atom is -0.497 e. The van der Waals surface area contributed by atoms with E-state index in [2.05, 4.69) is 21.2 Å². The Bertz CT molecular complexity index is 1050. The molecule has 3 rings (SSSR count). The first-order valence-corrected chi connectivity index (χ1v) is 9.97. The summed E-state index contributed by atoms with van der Waals surface area (Å²) in [5, 5.41) is 2.77. The van der Waals surface area contributed by atoms with Gasteiger partial charge in [-0.1, -0.05) is 40.2 Å². The number of para-hydroxylation sites is 1. The van der Waals surface area contributed by atoms with Gasteiger partial charge in [-0.3, -0.25) is 9.59 Å². The lowest BCUT2D eigenvalue weighted by Gasteiger charge is -2.19. The molecule has 6 nitrogen and oxygen atoms in total. The molecule has 0 bridgehead atoms. The number of ether oxygens (including phenoxy) is 2. The molecule has 0 saturated heterocycles. The van der Waals surface area contributed by atoms with Crippen LogP contribution in [0.5, 0.6) is 17.2 Å². The van der Waals surface area contributed by atoms with Crippen LogP contribution in [-0.2, 0) is 4.79 Å². The number of carbonyl (C=O) groups is 2. The van der Waals surface area contributed by atoms with Gasteiger partial charge in [0.15, 0.2) is 0 Å². The van der Waals surface area contributed by atoms with Crippen molar-refractivity contribution in [2.24, 2.45) is 0 Å². The fourth-order valence-corrected chi connectivity index (χ4v) is 3.16. The highest BCUT2D eigenvalue weighted by Crippen LogP contribution is 2.28. The largest absolute Gasteiger partial charge is 0.497 e. The average Bonchev–Trinajstić information content (AvgIpc) is 2.73. The van der Waals surface area contributed by atoms with Gasteiger partial charge in [0, 0.05) is 23.3 Å². The molecule has 0 fully saturated rings. The van der Waals surface area contributed by atoms with E-state index in [1.165, 1.54) is 4.90 Å². The number of hydrogen-bond acceptors (Lipinski definition) is 4. The van der Waals surface area contributed by atoms with Gasteiger partial charge in [0.2, 0.25) is 5.91 Å². The Hall–Kier alpha value is -3.32. The molecular formula is C23H21BrN2O4. The number of nitrogens with zero attached hydrogens (tertiary/aromatic N) is 1. The summed E-state index contributed by atoms with van der Waals surface area (Å²) in [4.78, 5) is 26.7. The number of amides is 2. The highest BCUT2D eigenvalue weighted by Gasteiger charge is 2.19. The van der Waals surface area contributed by atoms with Crippen molar-refractivity contribution < 1.29 is 19.1 Å². The van der Waals surface area contributed by atoms with E-state index in [1.54, 1.807) is 68.8 Å². The summed E-state index contributed by atoms with van der Waals surface area (Å²) in [6, 6.07) is 21.3. The fourth-order valence-electron chi connectivity index (χ4n) is 2.78. The third-order valence-electron chi connectivity index (χ3n) is 4.22. The summed E-state index contributed by atoms with van der Waals surface area (Å²) < 4.78 is 11.9. The average molecular weight is 469 g/mol.